The summed E-state index contributed by atoms with van der Waals surface area (Å²) in [4.78, 5) is 0. The number of rotatable bonds is 5. The van der Waals surface area contributed by atoms with Crippen LogP contribution in [0.4, 0.5) is 0 Å². The van der Waals surface area contributed by atoms with Gasteiger partial charge in [-0.3, -0.25) is 0 Å². The zero-order valence-electron chi connectivity index (χ0n) is 12.5. The lowest BCUT2D eigenvalue weighted by molar-refractivity contribution is 0.176. The lowest BCUT2D eigenvalue weighted by Crippen LogP contribution is -2.29. The maximum absolute atomic E-state index is 5.61. The molecule has 1 aromatic rings. The summed E-state index contributed by atoms with van der Waals surface area (Å²) in [5.74, 6) is 1.53. The molecule has 1 aliphatic heterocycles. The maximum Gasteiger partial charge on any atom is 0.124 e. The van der Waals surface area contributed by atoms with Gasteiger partial charge >= 0.3 is 0 Å². The van der Waals surface area contributed by atoms with E-state index in [4.69, 9.17) is 9.47 Å². The average Bonchev–Trinajstić information content (AvgIpc) is 2.89. The highest BCUT2D eigenvalue weighted by Crippen LogP contribution is 2.37. The van der Waals surface area contributed by atoms with Gasteiger partial charge in [0.2, 0.25) is 0 Å². The zero-order chi connectivity index (χ0) is 13.8. The van der Waals surface area contributed by atoms with E-state index in [0.717, 1.165) is 31.9 Å². The molecular formula is C16H25NO2. The Kier molecular flexibility index (Phi) is 4.83. The predicted octanol–water partition coefficient (Wildman–Crippen LogP) is 3.00. The Morgan fingerprint density at radius 1 is 1.42 bits per heavy atom. The van der Waals surface area contributed by atoms with Gasteiger partial charge in [-0.25, -0.2) is 0 Å². The molecule has 0 spiro atoms. The smallest absolute Gasteiger partial charge is 0.124 e. The SMILES string of the molecule is CCNC(c1c(C)cc(C)cc1OC)C1CCOC1. The third-order valence-electron chi connectivity index (χ3n) is 3.88. The van der Waals surface area contributed by atoms with Crippen LogP contribution in [0.2, 0.25) is 0 Å². The van der Waals surface area contributed by atoms with Crippen LogP contribution in [-0.2, 0) is 4.74 Å². The van der Waals surface area contributed by atoms with Crippen LogP contribution in [0.25, 0.3) is 0 Å². The molecule has 2 atom stereocenters. The van der Waals surface area contributed by atoms with E-state index in [9.17, 15) is 0 Å². The molecular weight excluding hydrogens is 238 g/mol. The van der Waals surface area contributed by atoms with Crippen molar-refractivity contribution in [3.63, 3.8) is 0 Å². The zero-order valence-corrected chi connectivity index (χ0v) is 12.5. The van der Waals surface area contributed by atoms with Crippen LogP contribution in [0, 0.1) is 19.8 Å². The van der Waals surface area contributed by atoms with Crippen molar-refractivity contribution >= 4 is 0 Å². The van der Waals surface area contributed by atoms with Crippen molar-refractivity contribution in [3.8, 4) is 5.75 Å². The van der Waals surface area contributed by atoms with Gasteiger partial charge in [0.05, 0.1) is 13.7 Å². The summed E-state index contributed by atoms with van der Waals surface area (Å²) in [6.07, 6.45) is 1.12. The second-order valence-electron chi connectivity index (χ2n) is 5.36. The molecule has 1 saturated heterocycles. The van der Waals surface area contributed by atoms with Gasteiger partial charge < -0.3 is 14.8 Å². The molecule has 0 saturated carbocycles. The van der Waals surface area contributed by atoms with E-state index in [2.05, 4.69) is 38.2 Å². The van der Waals surface area contributed by atoms with Gasteiger partial charge in [0.25, 0.3) is 0 Å². The Labute approximate surface area is 116 Å². The van der Waals surface area contributed by atoms with Crippen molar-refractivity contribution in [1.29, 1.82) is 0 Å². The molecule has 2 unspecified atom stereocenters. The first-order valence-electron chi connectivity index (χ1n) is 7.13. The summed E-state index contributed by atoms with van der Waals surface area (Å²) >= 11 is 0. The molecule has 1 N–H and O–H groups in total. The van der Waals surface area contributed by atoms with Crippen molar-refractivity contribution < 1.29 is 9.47 Å². The van der Waals surface area contributed by atoms with Crippen LogP contribution in [0.1, 0.15) is 36.1 Å². The molecule has 0 aromatic heterocycles. The van der Waals surface area contributed by atoms with E-state index in [-0.39, 0.29) is 0 Å². The van der Waals surface area contributed by atoms with Gasteiger partial charge in [0.15, 0.2) is 0 Å². The largest absolute Gasteiger partial charge is 0.496 e. The first kappa shape index (κ1) is 14.4. The number of aryl methyl sites for hydroxylation is 2. The van der Waals surface area contributed by atoms with Crippen molar-refractivity contribution in [2.45, 2.75) is 33.2 Å². The summed E-state index contributed by atoms with van der Waals surface area (Å²) in [5.41, 5.74) is 3.84. The average molecular weight is 263 g/mol. The number of methoxy groups -OCH3 is 1. The van der Waals surface area contributed by atoms with Crippen LogP contribution in [0.5, 0.6) is 5.75 Å². The standard InChI is InChI=1S/C16H25NO2/c1-5-17-16(13-6-7-19-10-13)15-12(3)8-11(2)9-14(15)18-4/h8-9,13,16-17H,5-7,10H2,1-4H3. The minimum atomic E-state index is 0.322. The fourth-order valence-corrected chi connectivity index (χ4v) is 3.05. The Morgan fingerprint density at radius 3 is 2.79 bits per heavy atom. The quantitative estimate of drug-likeness (QED) is 0.886. The second-order valence-corrected chi connectivity index (χ2v) is 5.36. The Bertz CT molecular complexity index is 425. The van der Waals surface area contributed by atoms with Gasteiger partial charge in [-0.2, -0.15) is 0 Å². The first-order valence-corrected chi connectivity index (χ1v) is 7.13. The molecule has 0 amide bonds. The van der Waals surface area contributed by atoms with Crippen LogP contribution >= 0.6 is 0 Å². The highest BCUT2D eigenvalue weighted by molar-refractivity contribution is 5.45. The third-order valence-corrected chi connectivity index (χ3v) is 3.88. The molecule has 1 aromatic carbocycles. The third kappa shape index (κ3) is 3.10. The van der Waals surface area contributed by atoms with Gasteiger partial charge in [0, 0.05) is 24.1 Å². The lowest BCUT2D eigenvalue weighted by Gasteiger charge is -2.27. The fraction of sp³-hybridized carbons (Fsp3) is 0.625. The van der Waals surface area contributed by atoms with Crippen molar-refractivity contribution in [2.24, 2.45) is 5.92 Å². The maximum atomic E-state index is 5.61. The summed E-state index contributed by atoms with van der Waals surface area (Å²) in [5, 5.41) is 3.62. The minimum absolute atomic E-state index is 0.322. The highest BCUT2D eigenvalue weighted by atomic mass is 16.5. The van der Waals surface area contributed by atoms with Crippen LogP contribution in [0.3, 0.4) is 0 Å². The second kappa shape index (κ2) is 6.40. The molecule has 3 heteroatoms. The minimum Gasteiger partial charge on any atom is -0.496 e. The summed E-state index contributed by atoms with van der Waals surface area (Å²) < 4.78 is 11.2. The number of hydrogen-bond donors (Lipinski definition) is 1. The number of ether oxygens (including phenoxy) is 2. The normalized spacial score (nSPS) is 20.5. The molecule has 2 rings (SSSR count). The fourth-order valence-electron chi connectivity index (χ4n) is 3.05. The van der Waals surface area contributed by atoms with E-state index in [1.165, 1.54) is 16.7 Å². The van der Waals surface area contributed by atoms with Crippen molar-refractivity contribution in [1.82, 2.24) is 5.32 Å². The molecule has 3 nitrogen and oxygen atoms in total. The van der Waals surface area contributed by atoms with E-state index < -0.39 is 0 Å². The molecule has 106 valence electrons. The van der Waals surface area contributed by atoms with Gasteiger partial charge in [-0.15, -0.1) is 0 Å². The summed E-state index contributed by atoms with van der Waals surface area (Å²) in [6.45, 7) is 9.11. The van der Waals surface area contributed by atoms with Crippen molar-refractivity contribution in [3.05, 3.63) is 28.8 Å². The van der Waals surface area contributed by atoms with E-state index >= 15 is 0 Å². The van der Waals surface area contributed by atoms with Crippen LogP contribution < -0.4 is 10.1 Å². The number of benzene rings is 1. The van der Waals surface area contributed by atoms with Crippen LogP contribution in [0.15, 0.2) is 12.1 Å². The van der Waals surface area contributed by atoms with Crippen LogP contribution in [-0.4, -0.2) is 26.9 Å². The first-order chi connectivity index (χ1) is 9.17. The van der Waals surface area contributed by atoms with E-state index in [1.54, 1.807) is 7.11 Å². The molecule has 1 fully saturated rings. The van der Waals surface area contributed by atoms with Gasteiger partial charge in [-0.1, -0.05) is 13.0 Å². The molecule has 1 aliphatic rings. The molecule has 0 radical (unpaired) electrons. The topological polar surface area (TPSA) is 30.5 Å². The van der Waals surface area contributed by atoms with E-state index in [0.29, 0.717) is 12.0 Å². The van der Waals surface area contributed by atoms with E-state index in [1.807, 2.05) is 0 Å². The van der Waals surface area contributed by atoms with Gasteiger partial charge in [-0.05, 0) is 44.0 Å². The number of hydrogen-bond acceptors (Lipinski definition) is 3. The monoisotopic (exact) mass is 263 g/mol. The van der Waals surface area contributed by atoms with Gasteiger partial charge in [0.1, 0.15) is 5.75 Å². The molecule has 1 heterocycles. The molecule has 0 bridgehead atoms. The molecule has 0 aliphatic carbocycles. The van der Waals surface area contributed by atoms with Crippen molar-refractivity contribution in [2.75, 3.05) is 26.9 Å². The lowest BCUT2D eigenvalue weighted by atomic mass is 9.88. The molecule has 19 heavy (non-hydrogen) atoms. The highest BCUT2D eigenvalue weighted by Gasteiger charge is 2.29. The summed E-state index contributed by atoms with van der Waals surface area (Å²) in [7, 11) is 1.76. The summed E-state index contributed by atoms with van der Waals surface area (Å²) in [6, 6.07) is 4.68. The Hall–Kier alpha value is -1.06. The Balaban J connectivity index is 2.39. The predicted molar refractivity (Wildman–Crippen MR) is 77.8 cm³/mol. The Morgan fingerprint density at radius 2 is 2.21 bits per heavy atom. The number of nitrogens with one attached hydrogen (secondary N) is 1.